The van der Waals surface area contributed by atoms with Crippen molar-refractivity contribution in [2.75, 3.05) is 18.2 Å². The number of hydrogen-bond donors (Lipinski definition) is 2. The lowest BCUT2D eigenvalue weighted by Crippen LogP contribution is -2.30. The number of amides is 2. The highest BCUT2D eigenvalue weighted by molar-refractivity contribution is 8.00. The van der Waals surface area contributed by atoms with E-state index in [9.17, 15) is 14.4 Å². The molecule has 2 amide bonds. The maximum absolute atomic E-state index is 13.5. The number of thioether (sulfide) groups is 1. The zero-order chi connectivity index (χ0) is 32.1. The van der Waals surface area contributed by atoms with Crippen LogP contribution in [0.2, 0.25) is 0 Å². The molecular weight excluding hydrogens is 596 g/mol. The standard InChI is InChI=1S/C38H32N2O5S/c1-44-32-21-17-29(18-22-32)36(41)26-46-34-14-8-13-31(24-34)39-38(43)35(40-37(42)30-11-6-3-7-12-30)23-27-15-19-33(20-16-27)45-25-28-9-4-2-5-10-28/h2-24H,25-26H2,1H3,(H,39,43)(H,40,42)/b35-23-. The van der Waals surface area contributed by atoms with Gasteiger partial charge >= 0.3 is 0 Å². The second-order valence-electron chi connectivity index (χ2n) is 10.1. The summed E-state index contributed by atoms with van der Waals surface area (Å²) in [5.41, 5.74) is 3.37. The molecule has 2 N–H and O–H groups in total. The molecule has 5 rings (SSSR count). The predicted molar refractivity (Wildman–Crippen MR) is 182 cm³/mol. The molecule has 0 fully saturated rings. The maximum atomic E-state index is 13.5. The van der Waals surface area contributed by atoms with Crippen molar-refractivity contribution in [2.24, 2.45) is 0 Å². The fourth-order valence-electron chi connectivity index (χ4n) is 4.38. The van der Waals surface area contributed by atoms with Gasteiger partial charge in [0.25, 0.3) is 11.8 Å². The molecule has 230 valence electrons. The molecule has 0 heterocycles. The lowest BCUT2D eigenvalue weighted by atomic mass is 10.1. The fraction of sp³-hybridized carbons (Fsp3) is 0.0789. The van der Waals surface area contributed by atoms with E-state index in [-0.39, 0.29) is 17.2 Å². The monoisotopic (exact) mass is 628 g/mol. The van der Waals surface area contributed by atoms with E-state index in [1.54, 1.807) is 79.9 Å². The molecule has 0 saturated heterocycles. The number of anilines is 1. The molecule has 0 bridgehead atoms. The van der Waals surface area contributed by atoms with Gasteiger partial charge in [-0.1, -0.05) is 66.7 Å². The average molecular weight is 629 g/mol. The highest BCUT2D eigenvalue weighted by Gasteiger charge is 2.16. The van der Waals surface area contributed by atoms with Gasteiger partial charge in [-0.25, -0.2) is 0 Å². The van der Waals surface area contributed by atoms with Crippen molar-refractivity contribution in [3.05, 3.63) is 161 Å². The van der Waals surface area contributed by atoms with E-state index in [1.165, 1.54) is 11.8 Å². The van der Waals surface area contributed by atoms with Crippen LogP contribution in [0.25, 0.3) is 6.08 Å². The van der Waals surface area contributed by atoms with Crippen molar-refractivity contribution >= 4 is 41.1 Å². The molecule has 0 aliphatic heterocycles. The molecule has 0 aliphatic carbocycles. The molecule has 7 nitrogen and oxygen atoms in total. The van der Waals surface area contributed by atoms with Gasteiger partial charge in [-0.3, -0.25) is 14.4 Å². The number of rotatable bonds is 13. The molecule has 8 heteroatoms. The summed E-state index contributed by atoms with van der Waals surface area (Å²) in [5.74, 6) is 0.669. The van der Waals surface area contributed by atoms with Crippen molar-refractivity contribution in [3.63, 3.8) is 0 Å². The lowest BCUT2D eigenvalue weighted by Gasteiger charge is -2.12. The largest absolute Gasteiger partial charge is 0.497 e. The highest BCUT2D eigenvalue weighted by Crippen LogP contribution is 2.24. The maximum Gasteiger partial charge on any atom is 0.272 e. The first-order valence-corrected chi connectivity index (χ1v) is 15.5. The number of carbonyl (C=O) groups excluding carboxylic acids is 3. The lowest BCUT2D eigenvalue weighted by molar-refractivity contribution is -0.113. The van der Waals surface area contributed by atoms with Crippen molar-refractivity contribution < 1.29 is 23.9 Å². The van der Waals surface area contributed by atoms with Gasteiger partial charge in [0, 0.05) is 21.7 Å². The van der Waals surface area contributed by atoms with Crippen LogP contribution in [0.4, 0.5) is 5.69 Å². The van der Waals surface area contributed by atoms with Gasteiger partial charge in [-0.2, -0.15) is 0 Å². The molecule has 5 aromatic rings. The summed E-state index contributed by atoms with van der Waals surface area (Å²) < 4.78 is 11.0. The van der Waals surface area contributed by atoms with E-state index in [1.807, 2.05) is 66.7 Å². The number of ether oxygens (including phenoxy) is 2. The zero-order valence-electron chi connectivity index (χ0n) is 25.1. The Morgan fingerprint density at radius 3 is 2.09 bits per heavy atom. The van der Waals surface area contributed by atoms with Gasteiger partial charge in [-0.05, 0) is 83.9 Å². The number of Topliss-reactive ketones (excluding diaryl/α,β-unsaturated/α-hetero) is 1. The molecular formula is C38H32N2O5S. The van der Waals surface area contributed by atoms with E-state index in [4.69, 9.17) is 9.47 Å². The van der Waals surface area contributed by atoms with Crippen LogP contribution in [0.1, 0.15) is 31.8 Å². The fourth-order valence-corrected chi connectivity index (χ4v) is 5.23. The second-order valence-corrected chi connectivity index (χ2v) is 11.2. The summed E-state index contributed by atoms with van der Waals surface area (Å²) in [5, 5.41) is 5.65. The summed E-state index contributed by atoms with van der Waals surface area (Å²) in [6.07, 6.45) is 1.61. The summed E-state index contributed by atoms with van der Waals surface area (Å²) in [6, 6.07) is 40.0. The van der Waals surface area contributed by atoms with Crippen LogP contribution in [0.3, 0.4) is 0 Å². The van der Waals surface area contributed by atoms with Gasteiger partial charge in [-0.15, -0.1) is 11.8 Å². The van der Waals surface area contributed by atoms with Gasteiger partial charge < -0.3 is 20.1 Å². The van der Waals surface area contributed by atoms with Crippen molar-refractivity contribution in [3.8, 4) is 11.5 Å². The minimum Gasteiger partial charge on any atom is -0.497 e. The number of nitrogens with one attached hydrogen (secondary N) is 2. The third kappa shape index (κ3) is 9.20. The molecule has 0 unspecified atom stereocenters. The normalized spacial score (nSPS) is 10.9. The van der Waals surface area contributed by atoms with Crippen LogP contribution in [-0.4, -0.2) is 30.5 Å². The van der Waals surface area contributed by atoms with E-state index in [0.717, 1.165) is 10.5 Å². The number of ketones is 1. The first-order chi connectivity index (χ1) is 22.5. The molecule has 0 aliphatic rings. The Hall–Kier alpha value is -5.60. The van der Waals surface area contributed by atoms with Gasteiger partial charge in [0.05, 0.1) is 12.9 Å². The average Bonchev–Trinajstić information content (AvgIpc) is 3.11. The van der Waals surface area contributed by atoms with Crippen LogP contribution < -0.4 is 20.1 Å². The smallest absolute Gasteiger partial charge is 0.272 e. The van der Waals surface area contributed by atoms with Crippen LogP contribution in [0.15, 0.2) is 144 Å². The second kappa shape index (κ2) is 15.9. The topological polar surface area (TPSA) is 93.7 Å². The van der Waals surface area contributed by atoms with Crippen molar-refractivity contribution in [1.29, 1.82) is 0 Å². The Balaban J connectivity index is 1.28. The van der Waals surface area contributed by atoms with Crippen LogP contribution in [0, 0.1) is 0 Å². The summed E-state index contributed by atoms with van der Waals surface area (Å²) in [6.45, 7) is 0.434. The number of hydrogen-bond acceptors (Lipinski definition) is 6. The van der Waals surface area contributed by atoms with Crippen LogP contribution in [-0.2, 0) is 11.4 Å². The van der Waals surface area contributed by atoms with Crippen LogP contribution in [0.5, 0.6) is 11.5 Å². The van der Waals surface area contributed by atoms with Crippen LogP contribution >= 0.6 is 11.8 Å². The molecule has 0 saturated carbocycles. The SMILES string of the molecule is COc1ccc(C(=O)CSc2cccc(NC(=O)/C(=C/c3ccc(OCc4ccccc4)cc3)NC(=O)c3ccccc3)c2)cc1. The summed E-state index contributed by atoms with van der Waals surface area (Å²) >= 11 is 1.37. The first-order valence-electron chi connectivity index (χ1n) is 14.5. The minimum atomic E-state index is -0.495. The van der Waals surface area contributed by atoms with Gasteiger partial charge in [0.15, 0.2) is 5.78 Å². The molecule has 0 spiro atoms. The van der Waals surface area contributed by atoms with E-state index in [2.05, 4.69) is 10.6 Å². The van der Waals surface area contributed by atoms with E-state index in [0.29, 0.717) is 40.5 Å². The molecule has 0 radical (unpaired) electrons. The molecule has 0 aromatic heterocycles. The van der Waals surface area contributed by atoms with Crippen molar-refractivity contribution in [1.82, 2.24) is 5.32 Å². The Morgan fingerprint density at radius 1 is 0.717 bits per heavy atom. The minimum absolute atomic E-state index is 0.0209. The highest BCUT2D eigenvalue weighted by atomic mass is 32.2. The van der Waals surface area contributed by atoms with Gasteiger partial charge in [0.1, 0.15) is 23.8 Å². The zero-order valence-corrected chi connectivity index (χ0v) is 26.0. The molecule has 0 atom stereocenters. The Kier molecular flexibility index (Phi) is 11.0. The van der Waals surface area contributed by atoms with E-state index < -0.39 is 11.8 Å². The van der Waals surface area contributed by atoms with E-state index >= 15 is 0 Å². The third-order valence-electron chi connectivity index (χ3n) is 6.84. The summed E-state index contributed by atoms with van der Waals surface area (Å²) in [4.78, 5) is 40.1. The predicted octanol–water partition coefficient (Wildman–Crippen LogP) is 7.66. The van der Waals surface area contributed by atoms with Crippen molar-refractivity contribution in [2.45, 2.75) is 11.5 Å². The Bertz CT molecular complexity index is 1810. The quantitative estimate of drug-likeness (QED) is 0.0790. The number of methoxy groups -OCH3 is 1. The first kappa shape index (κ1) is 31.8. The molecule has 5 aromatic carbocycles. The van der Waals surface area contributed by atoms with Gasteiger partial charge in [0.2, 0.25) is 0 Å². The third-order valence-corrected chi connectivity index (χ3v) is 7.84. The number of benzene rings is 5. The summed E-state index contributed by atoms with van der Waals surface area (Å²) in [7, 11) is 1.58. The number of carbonyl (C=O) groups is 3. The molecule has 46 heavy (non-hydrogen) atoms. The Labute approximate surface area is 272 Å². The Morgan fingerprint density at radius 2 is 1.39 bits per heavy atom.